The van der Waals surface area contributed by atoms with Gasteiger partial charge in [0.15, 0.2) is 5.96 Å². The van der Waals surface area contributed by atoms with Crippen LogP contribution in [0.15, 0.2) is 34.2 Å². The quantitative estimate of drug-likeness (QED) is 0.273. The Balaban J connectivity index is 0.00000484. The van der Waals surface area contributed by atoms with Gasteiger partial charge in [0.25, 0.3) is 0 Å². The molecule has 6 nitrogen and oxygen atoms in total. The summed E-state index contributed by atoms with van der Waals surface area (Å²) in [6.07, 6.45) is 2.04. The monoisotopic (exact) mass is 472 g/mol. The second-order valence-electron chi connectivity index (χ2n) is 4.74. The van der Waals surface area contributed by atoms with Crippen molar-refractivity contribution >= 4 is 51.7 Å². The van der Waals surface area contributed by atoms with E-state index in [2.05, 4.69) is 15.6 Å². The van der Waals surface area contributed by atoms with Gasteiger partial charge in [0.05, 0.1) is 4.90 Å². The average molecular weight is 472 g/mol. The van der Waals surface area contributed by atoms with E-state index in [1.807, 2.05) is 12.3 Å². The van der Waals surface area contributed by atoms with Crippen molar-refractivity contribution in [2.24, 2.45) is 4.99 Å². The van der Waals surface area contributed by atoms with Crippen molar-refractivity contribution < 1.29 is 8.42 Å². The van der Waals surface area contributed by atoms with Crippen LogP contribution >= 0.6 is 35.7 Å². The number of nitrogens with zero attached hydrogens (tertiary/aromatic N) is 2. The molecule has 0 heterocycles. The molecule has 0 fully saturated rings. The summed E-state index contributed by atoms with van der Waals surface area (Å²) < 4.78 is 25.9. The van der Waals surface area contributed by atoms with Gasteiger partial charge in [-0.15, -0.1) is 24.0 Å². The molecule has 0 atom stereocenters. The molecule has 1 rings (SSSR count). The second kappa shape index (κ2) is 11.1. The molecule has 1 aromatic carbocycles. The molecule has 0 radical (unpaired) electrons. The first-order valence-electron chi connectivity index (χ1n) is 6.87. The van der Waals surface area contributed by atoms with Crippen molar-refractivity contribution in [1.82, 2.24) is 14.9 Å². The number of halogens is 1. The van der Waals surface area contributed by atoms with Crippen LogP contribution in [0.25, 0.3) is 0 Å². The van der Waals surface area contributed by atoms with Gasteiger partial charge in [0.1, 0.15) is 0 Å². The Kier molecular flexibility index (Phi) is 10.9. The molecule has 2 N–H and O–H groups in total. The molecule has 0 aliphatic rings. The number of benzene rings is 1. The van der Waals surface area contributed by atoms with Crippen molar-refractivity contribution in [3.8, 4) is 0 Å². The van der Waals surface area contributed by atoms with Crippen LogP contribution in [0.1, 0.15) is 5.56 Å². The number of nitrogens with one attached hydrogen (secondary N) is 2. The van der Waals surface area contributed by atoms with Crippen LogP contribution in [0.4, 0.5) is 0 Å². The topological polar surface area (TPSA) is 73.8 Å². The Morgan fingerprint density at radius 1 is 1.26 bits per heavy atom. The molecule has 23 heavy (non-hydrogen) atoms. The Morgan fingerprint density at radius 3 is 2.48 bits per heavy atom. The van der Waals surface area contributed by atoms with E-state index in [1.54, 1.807) is 37.0 Å². The number of guanidine groups is 1. The lowest BCUT2D eigenvalue weighted by Gasteiger charge is -2.16. The number of hydrogen-bond acceptors (Lipinski definition) is 4. The van der Waals surface area contributed by atoms with E-state index in [-0.39, 0.29) is 24.0 Å². The molecule has 0 spiro atoms. The fraction of sp³-hybridized carbons (Fsp3) is 0.500. The number of sulfonamides is 1. The van der Waals surface area contributed by atoms with Gasteiger partial charge in [0.2, 0.25) is 10.0 Å². The van der Waals surface area contributed by atoms with Gasteiger partial charge in [-0.3, -0.25) is 4.99 Å². The van der Waals surface area contributed by atoms with Crippen LogP contribution in [0, 0.1) is 0 Å². The SMILES string of the molecule is CN=C(NCCSC)NCc1ccccc1S(=O)(=O)N(C)C.I. The molecule has 0 aliphatic heterocycles. The Hall–Kier alpha value is -0.520. The molecular weight excluding hydrogens is 447 g/mol. The number of rotatable bonds is 7. The van der Waals surface area contributed by atoms with Crippen LogP contribution in [0.3, 0.4) is 0 Å². The summed E-state index contributed by atoms with van der Waals surface area (Å²) in [5, 5.41) is 6.32. The van der Waals surface area contributed by atoms with Crippen molar-refractivity contribution in [3.63, 3.8) is 0 Å². The lowest BCUT2D eigenvalue weighted by Crippen LogP contribution is -2.38. The van der Waals surface area contributed by atoms with Gasteiger partial charge in [0, 0.05) is 40.0 Å². The fourth-order valence-electron chi connectivity index (χ4n) is 1.77. The summed E-state index contributed by atoms with van der Waals surface area (Å²) in [6, 6.07) is 6.98. The third kappa shape index (κ3) is 6.86. The molecule has 0 saturated heterocycles. The molecule has 0 bridgehead atoms. The molecule has 0 aromatic heterocycles. The third-order valence-electron chi connectivity index (χ3n) is 3.00. The minimum Gasteiger partial charge on any atom is -0.356 e. The number of thioether (sulfide) groups is 1. The summed E-state index contributed by atoms with van der Waals surface area (Å²) in [5.74, 6) is 1.64. The van der Waals surface area contributed by atoms with E-state index in [0.29, 0.717) is 23.0 Å². The molecule has 132 valence electrons. The summed E-state index contributed by atoms with van der Waals surface area (Å²) in [7, 11) is 1.30. The lowest BCUT2D eigenvalue weighted by molar-refractivity contribution is 0.519. The molecule has 0 saturated carbocycles. The van der Waals surface area contributed by atoms with Gasteiger partial charge in [-0.1, -0.05) is 18.2 Å². The molecule has 0 amide bonds. The highest BCUT2D eigenvalue weighted by Gasteiger charge is 2.20. The molecule has 0 aliphatic carbocycles. The van der Waals surface area contributed by atoms with E-state index in [9.17, 15) is 8.42 Å². The lowest BCUT2D eigenvalue weighted by atomic mass is 10.2. The fourth-order valence-corrected chi connectivity index (χ4v) is 3.19. The highest BCUT2D eigenvalue weighted by molar-refractivity contribution is 14.0. The molecule has 0 unspecified atom stereocenters. The summed E-state index contributed by atoms with van der Waals surface area (Å²) >= 11 is 1.75. The molecule has 1 aromatic rings. The zero-order valence-electron chi connectivity index (χ0n) is 13.9. The van der Waals surface area contributed by atoms with Crippen LogP contribution in [-0.2, 0) is 16.6 Å². The van der Waals surface area contributed by atoms with E-state index in [0.717, 1.165) is 12.3 Å². The first-order valence-corrected chi connectivity index (χ1v) is 9.70. The van der Waals surface area contributed by atoms with E-state index in [4.69, 9.17) is 0 Å². The zero-order chi connectivity index (χ0) is 16.6. The summed E-state index contributed by atoms with van der Waals surface area (Å²) in [5.41, 5.74) is 0.712. The van der Waals surface area contributed by atoms with Gasteiger partial charge < -0.3 is 10.6 Å². The standard InChI is InChI=1S/C14H24N4O2S2.HI/c1-15-14(16-9-10-21-4)17-11-12-7-5-6-8-13(12)22(19,20)18(2)3;/h5-8H,9-11H2,1-4H3,(H2,15,16,17);1H. The van der Waals surface area contributed by atoms with E-state index >= 15 is 0 Å². The maximum atomic E-state index is 12.3. The van der Waals surface area contributed by atoms with E-state index in [1.165, 1.54) is 18.4 Å². The minimum atomic E-state index is -3.45. The molecular formula is C14H25IN4O2S2. The minimum absolute atomic E-state index is 0. The first kappa shape index (κ1) is 22.5. The number of hydrogen-bond donors (Lipinski definition) is 2. The maximum absolute atomic E-state index is 12.3. The van der Waals surface area contributed by atoms with Gasteiger partial charge in [-0.2, -0.15) is 11.8 Å². The Labute approximate surface area is 160 Å². The smallest absolute Gasteiger partial charge is 0.242 e. The van der Waals surface area contributed by atoms with E-state index < -0.39 is 10.0 Å². The van der Waals surface area contributed by atoms with Crippen molar-refractivity contribution in [2.75, 3.05) is 39.7 Å². The highest BCUT2D eigenvalue weighted by Crippen LogP contribution is 2.18. The van der Waals surface area contributed by atoms with Gasteiger partial charge >= 0.3 is 0 Å². The second-order valence-corrected chi connectivity index (χ2v) is 7.85. The van der Waals surface area contributed by atoms with Crippen LogP contribution in [0.2, 0.25) is 0 Å². The zero-order valence-corrected chi connectivity index (χ0v) is 17.8. The summed E-state index contributed by atoms with van der Waals surface area (Å²) in [6.45, 7) is 1.20. The Bertz CT molecular complexity index is 607. The van der Waals surface area contributed by atoms with Gasteiger partial charge in [-0.25, -0.2) is 12.7 Å². The number of aliphatic imine (C=N–C) groups is 1. The van der Waals surface area contributed by atoms with Crippen molar-refractivity contribution in [3.05, 3.63) is 29.8 Å². The normalized spacial score (nSPS) is 12.0. The maximum Gasteiger partial charge on any atom is 0.242 e. The predicted octanol–water partition coefficient (Wildman–Crippen LogP) is 1.58. The highest BCUT2D eigenvalue weighted by atomic mass is 127. The summed E-state index contributed by atoms with van der Waals surface area (Å²) in [4.78, 5) is 4.44. The third-order valence-corrected chi connectivity index (χ3v) is 5.53. The van der Waals surface area contributed by atoms with Crippen LogP contribution < -0.4 is 10.6 Å². The largest absolute Gasteiger partial charge is 0.356 e. The van der Waals surface area contributed by atoms with Gasteiger partial charge in [-0.05, 0) is 17.9 Å². The van der Waals surface area contributed by atoms with Crippen molar-refractivity contribution in [1.29, 1.82) is 0 Å². The van der Waals surface area contributed by atoms with Crippen LogP contribution in [0.5, 0.6) is 0 Å². The van der Waals surface area contributed by atoms with Crippen molar-refractivity contribution in [2.45, 2.75) is 11.4 Å². The first-order chi connectivity index (χ1) is 10.4. The van der Waals surface area contributed by atoms with Crippen LogP contribution in [-0.4, -0.2) is 58.4 Å². The molecule has 9 heteroatoms. The average Bonchev–Trinajstić information content (AvgIpc) is 2.50. The Morgan fingerprint density at radius 2 is 1.91 bits per heavy atom. The predicted molar refractivity (Wildman–Crippen MR) is 109 cm³/mol.